The molecule has 3 N–H and O–H groups in total. The van der Waals surface area contributed by atoms with Crippen LogP contribution in [0.25, 0.3) is 0 Å². The molecule has 0 spiro atoms. The number of anilines is 1. The Bertz CT molecular complexity index is 403. The van der Waals surface area contributed by atoms with Crippen LogP contribution in [0.2, 0.25) is 0 Å². The highest BCUT2D eigenvalue weighted by Crippen LogP contribution is 2.33. The minimum Gasteiger partial charge on any atom is -0.494 e. The fourth-order valence-electron chi connectivity index (χ4n) is 1.54. The number of ether oxygens (including phenoxy) is 3. The molecule has 0 aliphatic carbocycles. The number of hydrogen-bond donors (Lipinski definition) is 3. The maximum atomic E-state index is 11.7. The van der Waals surface area contributed by atoms with Gasteiger partial charge in [0.25, 0.3) is 0 Å². The van der Waals surface area contributed by atoms with Crippen molar-refractivity contribution in [1.29, 1.82) is 0 Å². The highest BCUT2D eigenvalue weighted by molar-refractivity contribution is 5.92. The molecule has 0 aliphatic rings. The summed E-state index contributed by atoms with van der Waals surface area (Å²) in [4.78, 5) is 11.7. The molecule has 1 aromatic rings. The van der Waals surface area contributed by atoms with Gasteiger partial charge in [0.15, 0.2) is 0 Å². The molecule has 0 radical (unpaired) electrons. The van der Waals surface area contributed by atoms with E-state index in [0.717, 1.165) is 0 Å². The Morgan fingerprint density at radius 1 is 1.20 bits per heavy atom. The van der Waals surface area contributed by atoms with Crippen molar-refractivity contribution in [2.24, 2.45) is 0 Å². The van der Waals surface area contributed by atoms with Gasteiger partial charge < -0.3 is 30.0 Å². The second-order valence-electron chi connectivity index (χ2n) is 3.75. The molecule has 1 aromatic carbocycles. The number of carbonyl (C=O) groups excluding carboxylic acids is 1. The van der Waals surface area contributed by atoms with Gasteiger partial charge in [0, 0.05) is 6.54 Å². The van der Waals surface area contributed by atoms with Crippen LogP contribution in [-0.4, -0.2) is 51.7 Å². The number of amides is 2. The highest BCUT2D eigenvalue weighted by atomic mass is 16.5. The monoisotopic (exact) mass is 284 g/mol. The van der Waals surface area contributed by atoms with Crippen molar-refractivity contribution >= 4 is 11.7 Å². The highest BCUT2D eigenvalue weighted by Gasteiger charge is 2.12. The Hall–Kier alpha value is -1.99. The van der Waals surface area contributed by atoms with Crippen molar-refractivity contribution in [1.82, 2.24) is 5.32 Å². The van der Waals surface area contributed by atoms with Crippen LogP contribution in [0.4, 0.5) is 10.5 Å². The third-order valence-electron chi connectivity index (χ3n) is 2.43. The molecule has 0 bridgehead atoms. The minimum atomic E-state index is -0.389. The summed E-state index contributed by atoms with van der Waals surface area (Å²) in [5, 5.41) is 13.8. The maximum Gasteiger partial charge on any atom is 0.319 e. The second-order valence-corrected chi connectivity index (χ2v) is 3.75. The van der Waals surface area contributed by atoms with Gasteiger partial charge in [0.2, 0.25) is 0 Å². The van der Waals surface area contributed by atoms with Crippen molar-refractivity contribution in [3.8, 4) is 11.5 Å². The Kier molecular flexibility index (Phi) is 7.23. The fourth-order valence-corrected chi connectivity index (χ4v) is 1.54. The molecule has 112 valence electrons. The van der Waals surface area contributed by atoms with Crippen LogP contribution in [0, 0.1) is 0 Å². The van der Waals surface area contributed by atoms with Crippen molar-refractivity contribution in [2.75, 3.05) is 45.9 Å². The van der Waals surface area contributed by atoms with Crippen molar-refractivity contribution in [3.63, 3.8) is 0 Å². The molecular weight excluding hydrogens is 264 g/mol. The number of carbonyl (C=O) groups is 1. The summed E-state index contributed by atoms with van der Waals surface area (Å²) in [6.07, 6.45) is 0. The Labute approximate surface area is 117 Å². The van der Waals surface area contributed by atoms with Crippen molar-refractivity contribution in [3.05, 3.63) is 18.2 Å². The quantitative estimate of drug-likeness (QED) is 0.615. The summed E-state index contributed by atoms with van der Waals surface area (Å²) in [6.45, 7) is 0.884. The van der Waals surface area contributed by atoms with E-state index in [4.69, 9.17) is 19.3 Å². The van der Waals surface area contributed by atoms with E-state index in [0.29, 0.717) is 30.3 Å². The second kappa shape index (κ2) is 9.00. The number of benzene rings is 1. The predicted molar refractivity (Wildman–Crippen MR) is 74.5 cm³/mol. The lowest BCUT2D eigenvalue weighted by atomic mass is 10.2. The summed E-state index contributed by atoms with van der Waals surface area (Å²) in [7, 11) is 3.03. The molecule has 0 unspecified atom stereocenters. The molecule has 0 atom stereocenters. The van der Waals surface area contributed by atoms with E-state index in [1.54, 1.807) is 18.2 Å². The van der Waals surface area contributed by atoms with E-state index in [-0.39, 0.29) is 19.2 Å². The summed E-state index contributed by atoms with van der Waals surface area (Å²) < 4.78 is 15.4. The first-order chi connectivity index (χ1) is 9.72. The fraction of sp³-hybridized carbons (Fsp3) is 0.462. The molecular formula is C13H20N2O5. The average molecular weight is 284 g/mol. The zero-order valence-electron chi connectivity index (χ0n) is 11.6. The molecule has 0 fully saturated rings. The van der Waals surface area contributed by atoms with Crippen LogP contribution in [0.15, 0.2) is 18.2 Å². The predicted octanol–water partition coefficient (Wildman–Crippen LogP) is 0.834. The van der Waals surface area contributed by atoms with Gasteiger partial charge in [-0.25, -0.2) is 4.79 Å². The molecule has 7 nitrogen and oxygen atoms in total. The molecule has 7 heteroatoms. The van der Waals surface area contributed by atoms with E-state index < -0.39 is 0 Å². The van der Waals surface area contributed by atoms with Gasteiger partial charge >= 0.3 is 6.03 Å². The molecule has 0 aliphatic heterocycles. The number of methoxy groups -OCH3 is 2. The summed E-state index contributed by atoms with van der Waals surface area (Å²) in [5.41, 5.74) is 0.464. The number of nitrogens with one attached hydrogen (secondary N) is 2. The first-order valence-electron chi connectivity index (χ1n) is 6.17. The number of hydrogen-bond acceptors (Lipinski definition) is 5. The molecule has 2 amide bonds. The molecule has 20 heavy (non-hydrogen) atoms. The largest absolute Gasteiger partial charge is 0.494 e. The van der Waals surface area contributed by atoms with Gasteiger partial charge in [-0.2, -0.15) is 0 Å². The summed E-state index contributed by atoms with van der Waals surface area (Å²) >= 11 is 0. The minimum absolute atomic E-state index is 0.0371. The smallest absolute Gasteiger partial charge is 0.319 e. The summed E-state index contributed by atoms with van der Waals surface area (Å²) in [6, 6.07) is 4.83. The normalized spacial score (nSPS) is 9.95. The first-order valence-corrected chi connectivity index (χ1v) is 6.17. The van der Waals surface area contributed by atoms with Gasteiger partial charge in [-0.3, -0.25) is 0 Å². The molecule has 0 aromatic heterocycles. The van der Waals surface area contributed by atoms with Crippen LogP contribution < -0.4 is 20.1 Å². The Balaban J connectivity index is 2.52. The van der Waals surface area contributed by atoms with E-state index in [1.807, 2.05) is 0 Å². The van der Waals surface area contributed by atoms with Crippen LogP contribution in [0.5, 0.6) is 11.5 Å². The van der Waals surface area contributed by atoms with Crippen molar-refractivity contribution < 1.29 is 24.1 Å². The van der Waals surface area contributed by atoms with Gasteiger partial charge in [0.1, 0.15) is 17.2 Å². The zero-order valence-corrected chi connectivity index (χ0v) is 11.6. The average Bonchev–Trinajstić information content (AvgIpc) is 2.47. The standard InChI is InChI=1S/C13H20N2O5/c1-18-10-4-3-5-11(19-2)12(10)15-13(17)14-6-8-20-9-7-16/h3-5,16H,6-9H2,1-2H3,(H2,14,15,17). The van der Waals surface area contributed by atoms with Gasteiger partial charge in [0.05, 0.1) is 34.0 Å². The van der Waals surface area contributed by atoms with Gasteiger partial charge in [-0.1, -0.05) is 6.07 Å². The number of urea groups is 1. The third kappa shape index (κ3) is 4.94. The van der Waals surface area contributed by atoms with E-state index in [2.05, 4.69) is 10.6 Å². The molecule has 0 heterocycles. The van der Waals surface area contributed by atoms with Gasteiger partial charge in [-0.15, -0.1) is 0 Å². The topological polar surface area (TPSA) is 89.1 Å². The van der Waals surface area contributed by atoms with Crippen LogP contribution in [0.3, 0.4) is 0 Å². The Morgan fingerprint density at radius 2 is 1.85 bits per heavy atom. The van der Waals surface area contributed by atoms with E-state index in [1.165, 1.54) is 14.2 Å². The number of aliphatic hydroxyl groups is 1. The molecule has 1 rings (SSSR count). The first kappa shape index (κ1) is 16.1. The molecule has 0 saturated heterocycles. The molecule has 0 saturated carbocycles. The zero-order chi connectivity index (χ0) is 14.8. The number of para-hydroxylation sites is 1. The SMILES string of the molecule is COc1cccc(OC)c1NC(=O)NCCOCCO. The summed E-state index contributed by atoms with van der Waals surface area (Å²) in [5.74, 6) is 1.02. The van der Waals surface area contributed by atoms with E-state index in [9.17, 15) is 4.79 Å². The number of rotatable bonds is 8. The van der Waals surface area contributed by atoms with Gasteiger partial charge in [-0.05, 0) is 12.1 Å². The van der Waals surface area contributed by atoms with E-state index >= 15 is 0 Å². The lowest BCUT2D eigenvalue weighted by molar-refractivity contribution is 0.0950. The lowest BCUT2D eigenvalue weighted by Crippen LogP contribution is -2.32. The van der Waals surface area contributed by atoms with Crippen molar-refractivity contribution in [2.45, 2.75) is 0 Å². The van der Waals surface area contributed by atoms with Crippen LogP contribution in [0.1, 0.15) is 0 Å². The third-order valence-corrected chi connectivity index (χ3v) is 2.43. The maximum absolute atomic E-state index is 11.7. The van der Waals surface area contributed by atoms with Crippen LogP contribution in [-0.2, 0) is 4.74 Å². The van der Waals surface area contributed by atoms with Crippen LogP contribution >= 0.6 is 0 Å². The Morgan fingerprint density at radius 3 is 2.40 bits per heavy atom. The lowest BCUT2D eigenvalue weighted by Gasteiger charge is -2.14. The number of aliphatic hydroxyl groups excluding tert-OH is 1.